The standard InChI is InChI=1S/C19H19FN4O4/c20-10-2-1-9-14(15(10)22-12-7-21-8-19(12)5-6-19)18(28)24(17(9)27)11-3-4-13(25)23-16(11)26/h1-2,11-12,21-22H,3-8H2,(H,23,25,26). The number of carbonyl (C=O) groups excluding carboxylic acids is 4. The van der Waals surface area contributed by atoms with Gasteiger partial charge in [-0.2, -0.15) is 0 Å². The van der Waals surface area contributed by atoms with E-state index in [2.05, 4.69) is 16.0 Å². The number of halogens is 1. The Balaban J connectivity index is 1.50. The second-order valence-electron chi connectivity index (χ2n) is 7.98. The highest BCUT2D eigenvalue weighted by atomic mass is 19.1. The maximum absolute atomic E-state index is 14.7. The van der Waals surface area contributed by atoms with E-state index in [1.807, 2.05) is 0 Å². The first-order valence-corrected chi connectivity index (χ1v) is 9.43. The van der Waals surface area contributed by atoms with Gasteiger partial charge in [-0.15, -0.1) is 0 Å². The molecule has 0 aromatic heterocycles. The fourth-order valence-electron chi connectivity index (χ4n) is 4.54. The van der Waals surface area contributed by atoms with Gasteiger partial charge in [0.05, 0.1) is 16.8 Å². The van der Waals surface area contributed by atoms with Gasteiger partial charge in [-0.25, -0.2) is 4.39 Å². The fraction of sp³-hybridized carbons (Fsp3) is 0.474. The van der Waals surface area contributed by atoms with Crippen molar-refractivity contribution in [1.29, 1.82) is 0 Å². The Morgan fingerprint density at radius 2 is 1.93 bits per heavy atom. The normalized spacial score (nSPS) is 28.0. The Labute approximate surface area is 159 Å². The molecule has 3 aliphatic heterocycles. The fourth-order valence-corrected chi connectivity index (χ4v) is 4.54. The third kappa shape index (κ3) is 2.39. The van der Waals surface area contributed by atoms with Gasteiger partial charge < -0.3 is 10.6 Å². The summed E-state index contributed by atoms with van der Waals surface area (Å²) in [5, 5.41) is 8.61. The van der Waals surface area contributed by atoms with E-state index in [0.29, 0.717) is 6.54 Å². The van der Waals surface area contributed by atoms with Crippen molar-refractivity contribution < 1.29 is 23.6 Å². The summed E-state index contributed by atoms with van der Waals surface area (Å²) in [6.45, 7) is 1.50. The number of hydrogen-bond donors (Lipinski definition) is 3. The summed E-state index contributed by atoms with van der Waals surface area (Å²) < 4.78 is 14.7. The molecule has 1 aromatic rings. The van der Waals surface area contributed by atoms with Crippen LogP contribution in [0.25, 0.3) is 0 Å². The van der Waals surface area contributed by atoms with Crippen molar-refractivity contribution >= 4 is 29.3 Å². The van der Waals surface area contributed by atoms with Crippen molar-refractivity contribution in [2.45, 2.75) is 37.8 Å². The van der Waals surface area contributed by atoms with Gasteiger partial charge in [0, 0.05) is 31.0 Å². The lowest BCUT2D eigenvalue weighted by atomic mass is 9.99. The number of nitrogens with one attached hydrogen (secondary N) is 3. The van der Waals surface area contributed by atoms with E-state index in [0.717, 1.165) is 24.3 Å². The highest BCUT2D eigenvalue weighted by Gasteiger charge is 2.53. The largest absolute Gasteiger partial charge is 0.377 e. The van der Waals surface area contributed by atoms with Crippen molar-refractivity contribution in [3.05, 3.63) is 29.1 Å². The summed E-state index contributed by atoms with van der Waals surface area (Å²) in [5.41, 5.74) is 0.141. The van der Waals surface area contributed by atoms with Crippen LogP contribution in [0.3, 0.4) is 0 Å². The number of nitrogens with zero attached hydrogens (tertiary/aromatic N) is 1. The SMILES string of the molecule is O=C1CCC(N2C(=O)c3ccc(F)c(NC4CNCC45CC5)c3C2=O)C(=O)N1. The first kappa shape index (κ1) is 17.3. The molecule has 8 nitrogen and oxygen atoms in total. The van der Waals surface area contributed by atoms with Crippen LogP contribution in [0, 0.1) is 11.2 Å². The molecular weight excluding hydrogens is 367 g/mol. The Morgan fingerprint density at radius 3 is 2.64 bits per heavy atom. The molecule has 2 unspecified atom stereocenters. The van der Waals surface area contributed by atoms with Gasteiger partial charge in [0.15, 0.2) is 0 Å². The van der Waals surface area contributed by atoms with Crippen LogP contribution in [0.4, 0.5) is 10.1 Å². The number of fused-ring (bicyclic) bond motifs is 1. The molecule has 9 heteroatoms. The molecule has 146 valence electrons. The number of benzene rings is 1. The molecule has 3 fully saturated rings. The minimum absolute atomic E-state index is 0.0191. The van der Waals surface area contributed by atoms with Crippen LogP contribution >= 0.6 is 0 Å². The number of rotatable bonds is 3. The van der Waals surface area contributed by atoms with Crippen molar-refractivity contribution in [3.63, 3.8) is 0 Å². The van der Waals surface area contributed by atoms with E-state index in [4.69, 9.17) is 0 Å². The average molecular weight is 386 g/mol. The molecule has 1 aromatic carbocycles. The Morgan fingerprint density at radius 1 is 1.14 bits per heavy atom. The quantitative estimate of drug-likeness (QED) is 0.649. The van der Waals surface area contributed by atoms with E-state index in [-0.39, 0.29) is 41.1 Å². The Kier molecular flexibility index (Phi) is 3.61. The molecule has 2 atom stereocenters. The predicted molar refractivity (Wildman–Crippen MR) is 95.0 cm³/mol. The summed E-state index contributed by atoms with van der Waals surface area (Å²) in [7, 11) is 0. The van der Waals surface area contributed by atoms with Crippen LogP contribution in [0.1, 0.15) is 46.4 Å². The topological polar surface area (TPSA) is 108 Å². The molecule has 5 rings (SSSR count). The molecule has 1 saturated carbocycles. The number of amides is 4. The van der Waals surface area contributed by atoms with Crippen LogP contribution in [0.2, 0.25) is 0 Å². The molecular formula is C19H19FN4O4. The number of carbonyl (C=O) groups is 4. The van der Waals surface area contributed by atoms with Crippen LogP contribution in [-0.4, -0.2) is 53.7 Å². The second-order valence-corrected chi connectivity index (χ2v) is 7.98. The monoisotopic (exact) mass is 386 g/mol. The van der Waals surface area contributed by atoms with Gasteiger partial charge >= 0.3 is 0 Å². The number of piperidine rings is 1. The molecule has 0 bridgehead atoms. The second kappa shape index (κ2) is 5.84. The summed E-state index contributed by atoms with van der Waals surface area (Å²) in [5.74, 6) is -3.06. The summed E-state index contributed by atoms with van der Waals surface area (Å²) in [6.07, 6.45) is 2.17. The van der Waals surface area contributed by atoms with Crippen molar-refractivity contribution in [1.82, 2.24) is 15.5 Å². The lowest BCUT2D eigenvalue weighted by molar-refractivity contribution is -0.136. The Hall–Kier alpha value is -2.81. The smallest absolute Gasteiger partial charge is 0.264 e. The van der Waals surface area contributed by atoms with Crippen molar-refractivity contribution in [3.8, 4) is 0 Å². The summed E-state index contributed by atoms with van der Waals surface area (Å²) in [4.78, 5) is 50.4. The highest BCUT2D eigenvalue weighted by molar-refractivity contribution is 6.25. The molecule has 1 aliphatic carbocycles. The van der Waals surface area contributed by atoms with Crippen molar-refractivity contribution in [2.75, 3.05) is 18.4 Å². The van der Waals surface area contributed by atoms with Gasteiger partial charge in [0.1, 0.15) is 11.9 Å². The molecule has 0 radical (unpaired) electrons. The van der Waals surface area contributed by atoms with Gasteiger partial charge in [0.25, 0.3) is 11.8 Å². The number of hydrogen-bond acceptors (Lipinski definition) is 6. The van der Waals surface area contributed by atoms with Gasteiger partial charge in [0.2, 0.25) is 11.8 Å². The maximum Gasteiger partial charge on any atom is 0.264 e. The molecule has 4 amide bonds. The third-order valence-electron chi connectivity index (χ3n) is 6.33. The maximum atomic E-state index is 14.7. The predicted octanol–water partition coefficient (Wildman–Crippen LogP) is 0.391. The first-order chi connectivity index (χ1) is 13.4. The lowest BCUT2D eigenvalue weighted by Gasteiger charge is -2.28. The number of anilines is 1. The van der Waals surface area contributed by atoms with Gasteiger partial charge in [-0.05, 0) is 31.4 Å². The minimum Gasteiger partial charge on any atom is -0.377 e. The summed E-state index contributed by atoms with van der Waals surface area (Å²) in [6, 6.07) is 1.36. The molecule has 4 aliphatic rings. The van der Waals surface area contributed by atoms with Crippen molar-refractivity contribution in [2.24, 2.45) is 5.41 Å². The molecule has 3 heterocycles. The van der Waals surface area contributed by atoms with Gasteiger partial charge in [-0.3, -0.25) is 29.4 Å². The highest BCUT2D eigenvalue weighted by Crippen LogP contribution is 2.51. The Bertz CT molecular complexity index is 942. The van der Waals surface area contributed by atoms with E-state index in [1.165, 1.54) is 12.1 Å². The minimum atomic E-state index is -1.07. The van der Waals surface area contributed by atoms with Gasteiger partial charge in [-0.1, -0.05) is 0 Å². The zero-order valence-corrected chi connectivity index (χ0v) is 15.0. The first-order valence-electron chi connectivity index (χ1n) is 9.43. The molecule has 3 N–H and O–H groups in total. The zero-order chi connectivity index (χ0) is 19.6. The molecule has 2 saturated heterocycles. The van der Waals surface area contributed by atoms with Crippen LogP contribution < -0.4 is 16.0 Å². The van der Waals surface area contributed by atoms with E-state index in [1.54, 1.807) is 0 Å². The zero-order valence-electron chi connectivity index (χ0n) is 15.0. The van der Waals surface area contributed by atoms with Crippen LogP contribution in [0.15, 0.2) is 12.1 Å². The average Bonchev–Trinajstić information content (AvgIpc) is 3.26. The molecule has 28 heavy (non-hydrogen) atoms. The number of imide groups is 2. The lowest BCUT2D eigenvalue weighted by Crippen LogP contribution is -2.54. The third-order valence-corrected chi connectivity index (χ3v) is 6.33. The van der Waals surface area contributed by atoms with E-state index in [9.17, 15) is 23.6 Å². The van der Waals surface area contributed by atoms with Crippen LogP contribution in [-0.2, 0) is 9.59 Å². The van der Waals surface area contributed by atoms with E-state index < -0.39 is 35.5 Å². The molecule has 1 spiro atoms. The summed E-state index contributed by atoms with van der Waals surface area (Å²) >= 11 is 0. The van der Waals surface area contributed by atoms with E-state index >= 15 is 0 Å². The van der Waals surface area contributed by atoms with Crippen LogP contribution in [0.5, 0.6) is 0 Å².